The van der Waals surface area contributed by atoms with Gasteiger partial charge in [-0.15, -0.1) is 0 Å². The number of rotatable bonds is 5. The van der Waals surface area contributed by atoms with Gasteiger partial charge in [-0.2, -0.15) is 0 Å². The molecule has 2 N–H and O–H groups in total. The molecule has 1 saturated carbocycles. The SMILES string of the molecule is Cc1ccc(OC2CCCC(S(C)(=O)=O)C2)c(CCN)c1. The van der Waals surface area contributed by atoms with Crippen molar-refractivity contribution in [3.8, 4) is 5.75 Å². The highest BCUT2D eigenvalue weighted by Crippen LogP contribution is 2.29. The van der Waals surface area contributed by atoms with Gasteiger partial charge in [0.05, 0.1) is 11.4 Å². The highest BCUT2D eigenvalue weighted by molar-refractivity contribution is 7.91. The fourth-order valence-corrected chi connectivity index (χ4v) is 4.11. The van der Waals surface area contributed by atoms with Crippen LogP contribution in [0, 0.1) is 6.92 Å². The zero-order valence-electron chi connectivity index (χ0n) is 12.8. The van der Waals surface area contributed by atoms with Crippen LogP contribution < -0.4 is 10.5 Å². The lowest BCUT2D eigenvalue weighted by molar-refractivity contribution is 0.155. The first kappa shape index (κ1) is 16.3. The van der Waals surface area contributed by atoms with Gasteiger partial charge >= 0.3 is 0 Å². The Labute approximate surface area is 127 Å². The largest absolute Gasteiger partial charge is 0.490 e. The standard InChI is InChI=1S/C16H25NO3S/c1-12-6-7-16(13(10-12)8-9-17)20-14-4-3-5-15(11-14)21(2,18)19/h6-7,10,14-15H,3-5,8-9,11,17H2,1-2H3. The molecule has 0 amide bonds. The summed E-state index contributed by atoms with van der Waals surface area (Å²) < 4.78 is 29.6. The number of aryl methyl sites for hydroxylation is 1. The van der Waals surface area contributed by atoms with E-state index in [1.54, 1.807) is 0 Å². The van der Waals surface area contributed by atoms with Gasteiger partial charge in [-0.25, -0.2) is 8.42 Å². The van der Waals surface area contributed by atoms with Crippen LogP contribution in [0.5, 0.6) is 5.75 Å². The van der Waals surface area contributed by atoms with Crippen molar-refractivity contribution in [3.05, 3.63) is 29.3 Å². The van der Waals surface area contributed by atoms with Crippen molar-refractivity contribution >= 4 is 9.84 Å². The Morgan fingerprint density at radius 2 is 2.10 bits per heavy atom. The number of hydrogen-bond donors (Lipinski definition) is 1. The minimum atomic E-state index is -2.98. The van der Waals surface area contributed by atoms with E-state index >= 15 is 0 Å². The molecule has 0 spiro atoms. The van der Waals surface area contributed by atoms with Crippen LogP contribution in [0.15, 0.2) is 18.2 Å². The monoisotopic (exact) mass is 311 g/mol. The first-order valence-electron chi connectivity index (χ1n) is 7.55. The zero-order chi connectivity index (χ0) is 15.5. The zero-order valence-corrected chi connectivity index (χ0v) is 13.7. The van der Waals surface area contributed by atoms with Crippen LogP contribution in [0.1, 0.15) is 36.8 Å². The number of benzene rings is 1. The summed E-state index contributed by atoms with van der Waals surface area (Å²) >= 11 is 0. The maximum atomic E-state index is 11.7. The van der Waals surface area contributed by atoms with E-state index in [0.29, 0.717) is 13.0 Å². The molecule has 0 saturated heterocycles. The molecule has 118 valence electrons. The van der Waals surface area contributed by atoms with Gasteiger partial charge < -0.3 is 10.5 Å². The summed E-state index contributed by atoms with van der Waals surface area (Å²) in [5, 5.41) is -0.264. The van der Waals surface area contributed by atoms with Gasteiger partial charge in [0.25, 0.3) is 0 Å². The van der Waals surface area contributed by atoms with E-state index in [2.05, 4.69) is 6.07 Å². The van der Waals surface area contributed by atoms with Crippen LogP contribution in [0.2, 0.25) is 0 Å². The van der Waals surface area contributed by atoms with Gasteiger partial charge in [0.1, 0.15) is 15.6 Å². The molecule has 5 heteroatoms. The molecule has 1 aromatic rings. The second-order valence-electron chi connectivity index (χ2n) is 6.01. The molecule has 2 atom stereocenters. The van der Waals surface area contributed by atoms with E-state index in [1.165, 1.54) is 11.8 Å². The first-order chi connectivity index (χ1) is 9.90. The summed E-state index contributed by atoms with van der Waals surface area (Å²) in [6.07, 6.45) is 5.25. The summed E-state index contributed by atoms with van der Waals surface area (Å²) in [5.74, 6) is 0.852. The second kappa shape index (κ2) is 6.79. The van der Waals surface area contributed by atoms with Crippen molar-refractivity contribution in [2.24, 2.45) is 5.73 Å². The molecule has 0 heterocycles. The van der Waals surface area contributed by atoms with E-state index in [1.807, 2.05) is 19.1 Å². The molecule has 0 radical (unpaired) electrons. The average Bonchev–Trinajstić information content (AvgIpc) is 2.42. The van der Waals surface area contributed by atoms with E-state index in [-0.39, 0.29) is 11.4 Å². The molecular weight excluding hydrogens is 286 g/mol. The third-order valence-corrected chi connectivity index (χ3v) is 5.75. The predicted molar refractivity (Wildman–Crippen MR) is 85.5 cm³/mol. The molecule has 2 unspecified atom stereocenters. The maximum absolute atomic E-state index is 11.7. The molecule has 1 fully saturated rings. The lowest BCUT2D eigenvalue weighted by Crippen LogP contribution is -2.33. The molecule has 1 aliphatic rings. The third kappa shape index (κ3) is 4.45. The lowest BCUT2D eigenvalue weighted by atomic mass is 9.97. The molecule has 1 aromatic carbocycles. The number of sulfone groups is 1. The summed E-state index contributed by atoms with van der Waals surface area (Å²) in [4.78, 5) is 0. The van der Waals surface area contributed by atoms with Crippen molar-refractivity contribution in [1.29, 1.82) is 0 Å². The molecular formula is C16H25NO3S. The first-order valence-corrected chi connectivity index (χ1v) is 9.50. The minimum Gasteiger partial charge on any atom is -0.490 e. The van der Waals surface area contributed by atoms with E-state index in [4.69, 9.17) is 10.5 Å². The van der Waals surface area contributed by atoms with Crippen molar-refractivity contribution in [3.63, 3.8) is 0 Å². The molecule has 4 nitrogen and oxygen atoms in total. The highest BCUT2D eigenvalue weighted by Gasteiger charge is 2.30. The smallest absolute Gasteiger partial charge is 0.150 e. The Kier molecular flexibility index (Phi) is 5.27. The van der Waals surface area contributed by atoms with E-state index < -0.39 is 9.84 Å². The van der Waals surface area contributed by atoms with Crippen LogP contribution in [0.25, 0.3) is 0 Å². The predicted octanol–water partition coefficient (Wildman–Crippen LogP) is 2.23. The van der Waals surface area contributed by atoms with Crippen molar-refractivity contribution in [2.75, 3.05) is 12.8 Å². The molecule has 0 bridgehead atoms. The number of ether oxygens (including phenoxy) is 1. The Bertz CT molecular complexity index is 583. The third-order valence-electron chi connectivity index (χ3n) is 4.11. The lowest BCUT2D eigenvalue weighted by Gasteiger charge is -2.29. The van der Waals surface area contributed by atoms with E-state index in [9.17, 15) is 8.42 Å². The summed E-state index contributed by atoms with van der Waals surface area (Å²) in [6.45, 7) is 2.63. The Balaban J connectivity index is 2.11. The molecule has 0 aliphatic heterocycles. The fraction of sp³-hybridized carbons (Fsp3) is 0.625. The Hall–Kier alpha value is -1.07. The highest BCUT2D eigenvalue weighted by atomic mass is 32.2. The van der Waals surface area contributed by atoms with Gasteiger partial charge in [-0.1, -0.05) is 17.7 Å². The normalized spacial score (nSPS) is 23.0. The van der Waals surface area contributed by atoms with Crippen LogP contribution in [-0.4, -0.2) is 32.6 Å². The van der Waals surface area contributed by atoms with Gasteiger partial charge in [-0.05, 0) is 50.8 Å². The minimum absolute atomic E-state index is 0.0160. The Morgan fingerprint density at radius 1 is 1.33 bits per heavy atom. The molecule has 21 heavy (non-hydrogen) atoms. The van der Waals surface area contributed by atoms with Gasteiger partial charge in [-0.3, -0.25) is 0 Å². The molecule has 1 aliphatic carbocycles. The molecule has 0 aromatic heterocycles. The van der Waals surface area contributed by atoms with Crippen LogP contribution in [0.3, 0.4) is 0 Å². The van der Waals surface area contributed by atoms with Gasteiger partial charge in [0.2, 0.25) is 0 Å². The van der Waals surface area contributed by atoms with Crippen LogP contribution in [0.4, 0.5) is 0 Å². The molecule has 2 rings (SSSR count). The average molecular weight is 311 g/mol. The van der Waals surface area contributed by atoms with Crippen molar-refractivity contribution in [2.45, 2.75) is 50.4 Å². The van der Waals surface area contributed by atoms with E-state index in [0.717, 1.165) is 37.0 Å². The van der Waals surface area contributed by atoms with Crippen LogP contribution >= 0.6 is 0 Å². The second-order valence-corrected chi connectivity index (χ2v) is 8.33. The van der Waals surface area contributed by atoms with Crippen molar-refractivity contribution in [1.82, 2.24) is 0 Å². The topological polar surface area (TPSA) is 69.4 Å². The van der Waals surface area contributed by atoms with Crippen molar-refractivity contribution < 1.29 is 13.2 Å². The van der Waals surface area contributed by atoms with Gasteiger partial charge in [0.15, 0.2) is 0 Å². The fourth-order valence-electron chi connectivity index (χ4n) is 2.95. The maximum Gasteiger partial charge on any atom is 0.150 e. The number of nitrogens with two attached hydrogens (primary N) is 1. The van der Waals surface area contributed by atoms with Crippen LogP contribution in [-0.2, 0) is 16.3 Å². The quantitative estimate of drug-likeness (QED) is 0.905. The summed E-state index contributed by atoms with van der Waals surface area (Å²) in [7, 11) is -2.98. The summed E-state index contributed by atoms with van der Waals surface area (Å²) in [5.41, 5.74) is 7.95. The van der Waals surface area contributed by atoms with Gasteiger partial charge in [0, 0.05) is 12.7 Å². The summed E-state index contributed by atoms with van der Waals surface area (Å²) in [6, 6.07) is 6.09. The Morgan fingerprint density at radius 3 is 2.76 bits per heavy atom. The number of hydrogen-bond acceptors (Lipinski definition) is 4.